The van der Waals surface area contributed by atoms with Gasteiger partial charge in [-0.25, -0.2) is 0 Å². The minimum absolute atomic E-state index is 0.384. The van der Waals surface area contributed by atoms with E-state index in [1.165, 1.54) is 0 Å². The quantitative estimate of drug-likeness (QED) is 0.813. The molecule has 102 valence electrons. The Hall–Kier alpha value is -0.950. The van der Waals surface area contributed by atoms with Gasteiger partial charge in [-0.1, -0.05) is 15.9 Å². The van der Waals surface area contributed by atoms with Crippen molar-refractivity contribution in [1.82, 2.24) is 4.90 Å². The smallest absolute Gasteiger partial charge is 0.276 e. The van der Waals surface area contributed by atoms with E-state index in [9.17, 15) is 9.90 Å². The number of ether oxygens (including phenoxy) is 1. The van der Waals surface area contributed by atoms with Gasteiger partial charge in [-0.3, -0.25) is 9.69 Å². The van der Waals surface area contributed by atoms with E-state index in [1.807, 2.05) is 13.0 Å². The lowest BCUT2D eigenvalue weighted by Gasteiger charge is -2.37. The zero-order chi connectivity index (χ0) is 13.6. The number of benzene rings is 1. The largest absolute Gasteiger partial charge is 0.379 e. The van der Waals surface area contributed by atoms with Gasteiger partial charge in [0.15, 0.2) is 0 Å². The van der Waals surface area contributed by atoms with E-state index in [2.05, 4.69) is 21.2 Å². The predicted molar refractivity (Wildman–Crippen MR) is 73.8 cm³/mol. The normalized spacial score (nSPS) is 27.2. The minimum atomic E-state index is -1.59. The lowest BCUT2D eigenvalue weighted by atomic mass is 10.00. The molecule has 1 fully saturated rings. The fraction of sp³-hybridized carbons (Fsp3) is 0.462. The number of nitrogens with zero attached hydrogens (tertiary/aromatic N) is 1. The Morgan fingerprint density at radius 3 is 2.79 bits per heavy atom. The number of morpholine rings is 1. The summed E-state index contributed by atoms with van der Waals surface area (Å²) in [6.07, 6.45) is 0. The van der Waals surface area contributed by atoms with Crippen LogP contribution >= 0.6 is 15.9 Å². The molecule has 19 heavy (non-hydrogen) atoms. The Kier molecular flexibility index (Phi) is 3.13. The monoisotopic (exact) mass is 326 g/mol. The first-order valence-electron chi connectivity index (χ1n) is 6.20. The number of hydrogen-bond acceptors (Lipinski definition) is 4. The molecule has 0 unspecified atom stereocenters. The summed E-state index contributed by atoms with van der Waals surface area (Å²) < 4.78 is 6.13. The number of hydrogen-bond donors (Lipinski definition) is 2. The molecule has 1 aromatic carbocycles. The van der Waals surface area contributed by atoms with Crippen molar-refractivity contribution < 1.29 is 14.6 Å². The van der Waals surface area contributed by atoms with Crippen molar-refractivity contribution in [2.45, 2.75) is 12.6 Å². The lowest BCUT2D eigenvalue weighted by Crippen LogP contribution is -2.55. The van der Waals surface area contributed by atoms with Gasteiger partial charge in [0.1, 0.15) is 0 Å². The molecule has 0 radical (unpaired) electrons. The highest BCUT2D eigenvalue weighted by atomic mass is 79.9. The fourth-order valence-electron chi connectivity index (χ4n) is 2.71. The highest BCUT2D eigenvalue weighted by Gasteiger charge is 2.50. The molecule has 0 aliphatic carbocycles. The van der Waals surface area contributed by atoms with Crippen LogP contribution in [0.1, 0.15) is 11.1 Å². The molecular formula is C13H15BrN2O3. The van der Waals surface area contributed by atoms with Crippen LogP contribution in [0.2, 0.25) is 0 Å². The maximum absolute atomic E-state index is 12.3. The van der Waals surface area contributed by atoms with Gasteiger partial charge in [-0.2, -0.15) is 0 Å². The number of carbonyl (C=O) groups excluding carboxylic acids is 1. The Labute approximate surface area is 119 Å². The van der Waals surface area contributed by atoms with Gasteiger partial charge in [-0.05, 0) is 24.6 Å². The average Bonchev–Trinajstić information content (AvgIpc) is 2.66. The Bertz CT molecular complexity index is 543. The third-order valence-electron chi connectivity index (χ3n) is 3.70. The van der Waals surface area contributed by atoms with Crippen molar-refractivity contribution >= 4 is 27.5 Å². The van der Waals surface area contributed by atoms with E-state index in [1.54, 1.807) is 11.0 Å². The number of amides is 1. The van der Waals surface area contributed by atoms with Crippen LogP contribution in [0.3, 0.4) is 0 Å². The fourth-order valence-corrected chi connectivity index (χ4v) is 3.28. The number of nitrogens with one attached hydrogen (secondary N) is 1. The van der Waals surface area contributed by atoms with E-state index in [0.29, 0.717) is 37.6 Å². The highest BCUT2D eigenvalue weighted by molar-refractivity contribution is 9.10. The number of halogens is 1. The second kappa shape index (κ2) is 4.56. The number of fused-ring (bicyclic) bond motifs is 1. The van der Waals surface area contributed by atoms with Gasteiger partial charge in [0, 0.05) is 23.1 Å². The molecule has 0 aromatic heterocycles. The van der Waals surface area contributed by atoms with Crippen LogP contribution in [-0.4, -0.2) is 42.2 Å². The van der Waals surface area contributed by atoms with E-state index in [-0.39, 0.29) is 5.91 Å². The molecule has 1 saturated heterocycles. The molecule has 1 amide bonds. The van der Waals surface area contributed by atoms with Crippen molar-refractivity contribution in [3.63, 3.8) is 0 Å². The zero-order valence-electron chi connectivity index (χ0n) is 10.6. The number of anilines is 1. The van der Waals surface area contributed by atoms with Crippen molar-refractivity contribution in [2.75, 3.05) is 31.6 Å². The van der Waals surface area contributed by atoms with E-state index >= 15 is 0 Å². The maximum Gasteiger partial charge on any atom is 0.276 e. The van der Waals surface area contributed by atoms with Crippen molar-refractivity contribution in [1.29, 1.82) is 0 Å². The van der Waals surface area contributed by atoms with Gasteiger partial charge in [0.25, 0.3) is 5.91 Å². The molecule has 2 aliphatic heterocycles. The Morgan fingerprint density at radius 1 is 1.42 bits per heavy atom. The lowest BCUT2D eigenvalue weighted by molar-refractivity contribution is -0.168. The second-order valence-corrected chi connectivity index (χ2v) is 5.79. The van der Waals surface area contributed by atoms with Gasteiger partial charge < -0.3 is 15.2 Å². The van der Waals surface area contributed by atoms with Crippen LogP contribution in [0.5, 0.6) is 0 Å². The van der Waals surface area contributed by atoms with Crippen molar-refractivity contribution in [2.24, 2.45) is 0 Å². The SMILES string of the molecule is Cc1cc(Br)cc2c1NC(=O)[C@@]2(O)N1CCOCC1. The molecule has 0 spiro atoms. The summed E-state index contributed by atoms with van der Waals surface area (Å²) in [7, 11) is 0. The number of aliphatic hydroxyl groups is 1. The summed E-state index contributed by atoms with van der Waals surface area (Å²) in [5, 5.41) is 13.7. The molecule has 5 nitrogen and oxygen atoms in total. The zero-order valence-corrected chi connectivity index (χ0v) is 12.2. The first kappa shape index (κ1) is 13.1. The molecule has 0 bridgehead atoms. The van der Waals surface area contributed by atoms with Crippen LogP contribution in [0.4, 0.5) is 5.69 Å². The number of carbonyl (C=O) groups is 1. The summed E-state index contributed by atoms with van der Waals surface area (Å²) in [5.41, 5.74) is 0.670. The van der Waals surface area contributed by atoms with Crippen molar-refractivity contribution in [3.8, 4) is 0 Å². The Balaban J connectivity index is 2.10. The van der Waals surface area contributed by atoms with E-state index in [0.717, 1.165) is 10.0 Å². The summed E-state index contributed by atoms with van der Waals surface area (Å²) in [5.74, 6) is -0.384. The summed E-state index contributed by atoms with van der Waals surface area (Å²) in [6, 6.07) is 3.72. The molecule has 2 heterocycles. The maximum atomic E-state index is 12.3. The van der Waals surface area contributed by atoms with E-state index in [4.69, 9.17) is 4.74 Å². The number of rotatable bonds is 1. The third kappa shape index (κ3) is 1.90. The van der Waals surface area contributed by atoms with Crippen LogP contribution in [-0.2, 0) is 15.3 Å². The van der Waals surface area contributed by atoms with Gasteiger partial charge in [0.05, 0.1) is 18.9 Å². The van der Waals surface area contributed by atoms with E-state index < -0.39 is 5.72 Å². The molecule has 1 atom stereocenters. The van der Waals surface area contributed by atoms with Crippen molar-refractivity contribution in [3.05, 3.63) is 27.7 Å². The van der Waals surface area contributed by atoms with Crippen LogP contribution < -0.4 is 5.32 Å². The first-order chi connectivity index (χ1) is 9.03. The molecule has 6 heteroatoms. The number of aryl methyl sites for hydroxylation is 1. The predicted octanol–water partition coefficient (Wildman–Crippen LogP) is 1.19. The third-order valence-corrected chi connectivity index (χ3v) is 4.16. The highest BCUT2D eigenvalue weighted by Crippen LogP contribution is 2.42. The van der Waals surface area contributed by atoms with Crippen LogP contribution in [0.25, 0.3) is 0 Å². The molecule has 2 aliphatic rings. The minimum Gasteiger partial charge on any atom is -0.379 e. The first-order valence-corrected chi connectivity index (χ1v) is 7.00. The second-order valence-electron chi connectivity index (χ2n) is 4.87. The van der Waals surface area contributed by atoms with Crippen LogP contribution in [0.15, 0.2) is 16.6 Å². The standard InChI is InChI=1S/C13H15BrN2O3/c1-8-6-9(14)7-10-11(8)15-12(17)13(10,18)16-2-4-19-5-3-16/h6-7,18H,2-5H2,1H3,(H,15,17)/t13-/m1/s1. The van der Waals surface area contributed by atoms with Gasteiger partial charge in [-0.15, -0.1) is 0 Å². The Morgan fingerprint density at radius 2 is 2.11 bits per heavy atom. The topological polar surface area (TPSA) is 61.8 Å². The average molecular weight is 327 g/mol. The van der Waals surface area contributed by atoms with Crippen LogP contribution in [0, 0.1) is 6.92 Å². The molecule has 3 rings (SSSR count). The molecule has 0 saturated carbocycles. The molecule has 1 aromatic rings. The summed E-state index contributed by atoms with van der Waals surface area (Å²) in [6.45, 7) is 4.04. The molecular weight excluding hydrogens is 312 g/mol. The van der Waals surface area contributed by atoms with Gasteiger partial charge >= 0.3 is 0 Å². The van der Waals surface area contributed by atoms with Gasteiger partial charge in [0.2, 0.25) is 5.72 Å². The molecule has 2 N–H and O–H groups in total. The summed E-state index contributed by atoms with van der Waals surface area (Å²) in [4.78, 5) is 14.0. The summed E-state index contributed by atoms with van der Waals surface area (Å²) >= 11 is 3.42.